The summed E-state index contributed by atoms with van der Waals surface area (Å²) in [6.07, 6.45) is 0. The fraction of sp³-hybridized carbons (Fsp3) is 0.538. The molecule has 0 aliphatic rings. The molecule has 1 aromatic carbocycles. The minimum absolute atomic E-state index is 0.449. The molecule has 0 aliphatic heterocycles. The van der Waals surface area contributed by atoms with Crippen molar-refractivity contribution in [3.05, 3.63) is 24.3 Å². The Balaban J connectivity index is 2.06. The molecule has 0 heterocycles. The van der Waals surface area contributed by atoms with Crippen LogP contribution in [-0.2, 0) is 25.0 Å². The van der Waals surface area contributed by atoms with E-state index in [0.717, 1.165) is 4.90 Å². The molecular weight excluding hydrogens is 266 g/mol. The largest absolute Gasteiger partial charge is 0.399 e. The predicted molar refractivity (Wildman–Crippen MR) is 75.6 cm³/mol. The second-order valence-corrected chi connectivity index (χ2v) is 5.41. The summed E-state index contributed by atoms with van der Waals surface area (Å²) in [5.74, 6) is 0.474. The van der Waals surface area contributed by atoms with Crippen LogP contribution in [0.5, 0.6) is 0 Å². The maximum atomic E-state index is 11.9. The average molecular weight is 287 g/mol. The van der Waals surface area contributed by atoms with E-state index < -0.39 is 10.8 Å². The summed E-state index contributed by atoms with van der Waals surface area (Å²) in [5, 5.41) is 0. The van der Waals surface area contributed by atoms with Gasteiger partial charge in [-0.15, -0.1) is 0 Å². The van der Waals surface area contributed by atoms with Gasteiger partial charge >= 0.3 is 0 Å². The summed E-state index contributed by atoms with van der Waals surface area (Å²) in [5.41, 5.74) is 6.24. The zero-order valence-electron chi connectivity index (χ0n) is 11.2. The van der Waals surface area contributed by atoms with Gasteiger partial charge < -0.3 is 19.9 Å². The first-order valence-corrected chi connectivity index (χ1v) is 7.44. The Kier molecular flexibility index (Phi) is 8.40. The van der Waals surface area contributed by atoms with Crippen molar-refractivity contribution in [1.29, 1.82) is 0 Å². The Labute approximate surface area is 116 Å². The van der Waals surface area contributed by atoms with Gasteiger partial charge in [0.2, 0.25) is 0 Å². The third kappa shape index (κ3) is 7.27. The fourth-order valence-electron chi connectivity index (χ4n) is 1.34. The van der Waals surface area contributed by atoms with Crippen molar-refractivity contribution in [2.75, 3.05) is 51.6 Å². The first-order valence-electron chi connectivity index (χ1n) is 6.12. The van der Waals surface area contributed by atoms with Crippen LogP contribution in [0.15, 0.2) is 29.2 Å². The molecule has 5 nitrogen and oxygen atoms in total. The summed E-state index contributed by atoms with van der Waals surface area (Å²) in [7, 11) is 0.588. The zero-order valence-corrected chi connectivity index (χ0v) is 12.0. The lowest BCUT2D eigenvalue weighted by atomic mass is 10.3. The Hall–Kier alpha value is -0.950. The number of nitrogens with two attached hydrogens (primary N) is 1. The van der Waals surface area contributed by atoms with Crippen molar-refractivity contribution in [2.24, 2.45) is 0 Å². The Morgan fingerprint density at radius 3 is 2.21 bits per heavy atom. The Bertz CT molecular complexity index is 369. The van der Waals surface area contributed by atoms with Crippen LogP contribution >= 0.6 is 0 Å². The van der Waals surface area contributed by atoms with Gasteiger partial charge in [0.1, 0.15) is 0 Å². The van der Waals surface area contributed by atoms with Crippen LogP contribution in [-0.4, -0.2) is 50.1 Å². The van der Waals surface area contributed by atoms with Crippen LogP contribution in [0.3, 0.4) is 0 Å². The quantitative estimate of drug-likeness (QED) is 0.514. The first-order chi connectivity index (χ1) is 9.24. The summed E-state index contributed by atoms with van der Waals surface area (Å²) < 4.78 is 27.3. The molecule has 1 atom stereocenters. The Morgan fingerprint density at radius 2 is 1.58 bits per heavy atom. The number of methoxy groups -OCH3 is 1. The topological polar surface area (TPSA) is 70.8 Å². The zero-order chi connectivity index (χ0) is 13.9. The molecule has 19 heavy (non-hydrogen) atoms. The molecule has 1 unspecified atom stereocenters. The van der Waals surface area contributed by atoms with E-state index in [1.165, 1.54) is 0 Å². The SMILES string of the molecule is COCCOCCOCCS(=O)c1ccc(N)cc1. The molecule has 108 valence electrons. The van der Waals surface area contributed by atoms with Gasteiger partial charge in [-0.25, -0.2) is 0 Å². The lowest BCUT2D eigenvalue weighted by Gasteiger charge is -2.06. The van der Waals surface area contributed by atoms with Gasteiger partial charge in [0.15, 0.2) is 0 Å². The van der Waals surface area contributed by atoms with E-state index in [-0.39, 0.29) is 0 Å². The van der Waals surface area contributed by atoms with E-state index in [1.54, 1.807) is 31.4 Å². The number of hydrogen-bond donors (Lipinski definition) is 1. The lowest BCUT2D eigenvalue weighted by Crippen LogP contribution is -2.12. The molecule has 2 N–H and O–H groups in total. The first kappa shape index (κ1) is 16.1. The molecule has 0 aliphatic carbocycles. The molecule has 0 saturated carbocycles. The van der Waals surface area contributed by atoms with Crippen molar-refractivity contribution in [3.8, 4) is 0 Å². The molecule has 0 bridgehead atoms. The third-order valence-corrected chi connectivity index (χ3v) is 3.70. The fourth-order valence-corrected chi connectivity index (χ4v) is 2.28. The van der Waals surface area contributed by atoms with E-state index >= 15 is 0 Å². The summed E-state index contributed by atoms with van der Waals surface area (Å²) in [4.78, 5) is 0.772. The van der Waals surface area contributed by atoms with E-state index in [4.69, 9.17) is 19.9 Å². The molecule has 0 spiro atoms. The normalized spacial score (nSPS) is 12.5. The number of anilines is 1. The highest BCUT2D eigenvalue weighted by Gasteiger charge is 2.03. The summed E-state index contributed by atoms with van der Waals surface area (Å²) in [6.45, 7) is 2.63. The average Bonchev–Trinajstić information content (AvgIpc) is 2.42. The minimum atomic E-state index is -1.04. The van der Waals surface area contributed by atoms with Crippen molar-refractivity contribution < 1.29 is 18.4 Å². The smallest absolute Gasteiger partial charge is 0.0701 e. The summed E-state index contributed by atoms with van der Waals surface area (Å²) >= 11 is 0. The van der Waals surface area contributed by atoms with Gasteiger partial charge in [-0.3, -0.25) is 4.21 Å². The highest BCUT2D eigenvalue weighted by atomic mass is 32.2. The summed E-state index contributed by atoms with van der Waals surface area (Å²) in [6, 6.07) is 7.05. The maximum absolute atomic E-state index is 11.9. The van der Waals surface area contributed by atoms with Gasteiger partial charge in [-0.05, 0) is 24.3 Å². The number of nitrogen functional groups attached to an aromatic ring is 1. The molecule has 0 saturated heterocycles. The standard InChI is InChI=1S/C13H21NO4S/c1-16-6-7-17-8-9-18-10-11-19(15)13-4-2-12(14)3-5-13/h2-5H,6-11,14H2,1H3. The van der Waals surface area contributed by atoms with Gasteiger partial charge in [-0.1, -0.05) is 0 Å². The van der Waals surface area contributed by atoms with Crippen LogP contribution in [0.2, 0.25) is 0 Å². The second kappa shape index (κ2) is 9.91. The molecule has 1 rings (SSSR count). The molecule has 6 heteroatoms. The van der Waals surface area contributed by atoms with E-state index in [9.17, 15) is 4.21 Å². The number of hydrogen-bond acceptors (Lipinski definition) is 5. The van der Waals surface area contributed by atoms with Crippen LogP contribution < -0.4 is 5.73 Å². The molecule has 0 aromatic heterocycles. The maximum Gasteiger partial charge on any atom is 0.0701 e. The van der Waals surface area contributed by atoms with Crippen LogP contribution in [0.25, 0.3) is 0 Å². The number of rotatable bonds is 10. The van der Waals surface area contributed by atoms with Crippen molar-refractivity contribution >= 4 is 16.5 Å². The van der Waals surface area contributed by atoms with Crippen LogP contribution in [0, 0.1) is 0 Å². The highest BCUT2D eigenvalue weighted by molar-refractivity contribution is 7.85. The number of benzene rings is 1. The van der Waals surface area contributed by atoms with Crippen LogP contribution in [0.1, 0.15) is 0 Å². The monoisotopic (exact) mass is 287 g/mol. The van der Waals surface area contributed by atoms with Crippen molar-refractivity contribution in [3.63, 3.8) is 0 Å². The highest BCUT2D eigenvalue weighted by Crippen LogP contribution is 2.09. The van der Waals surface area contributed by atoms with E-state index in [0.29, 0.717) is 44.5 Å². The minimum Gasteiger partial charge on any atom is -0.399 e. The number of ether oxygens (including phenoxy) is 3. The predicted octanol–water partition coefficient (Wildman–Crippen LogP) is 1.06. The molecule has 0 amide bonds. The van der Waals surface area contributed by atoms with Gasteiger partial charge in [0.25, 0.3) is 0 Å². The molecule has 0 fully saturated rings. The van der Waals surface area contributed by atoms with Crippen molar-refractivity contribution in [1.82, 2.24) is 0 Å². The molecular formula is C13H21NO4S. The lowest BCUT2D eigenvalue weighted by molar-refractivity contribution is 0.0285. The van der Waals surface area contributed by atoms with Gasteiger partial charge in [0, 0.05) is 17.7 Å². The van der Waals surface area contributed by atoms with Gasteiger partial charge in [-0.2, -0.15) is 0 Å². The van der Waals surface area contributed by atoms with Crippen LogP contribution in [0.4, 0.5) is 5.69 Å². The van der Waals surface area contributed by atoms with Gasteiger partial charge in [0.05, 0.1) is 49.6 Å². The Morgan fingerprint density at radius 1 is 1.00 bits per heavy atom. The second-order valence-electron chi connectivity index (χ2n) is 3.84. The third-order valence-electron chi connectivity index (χ3n) is 2.36. The van der Waals surface area contributed by atoms with E-state index in [2.05, 4.69) is 0 Å². The molecule has 1 aromatic rings. The van der Waals surface area contributed by atoms with Crippen molar-refractivity contribution in [2.45, 2.75) is 4.90 Å². The van der Waals surface area contributed by atoms with E-state index in [1.807, 2.05) is 0 Å². The molecule has 0 radical (unpaired) electrons.